The molecule has 1 saturated carbocycles. The first-order valence-electron chi connectivity index (χ1n) is 6.12. The van der Waals surface area contributed by atoms with Gasteiger partial charge in [-0.2, -0.15) is 0 Å². The van der Waals surface area contributed by atoms with Gasteiger partial charge in [0.1, 0.15) is 0 Å². The summed E-state index contributed by atoms with van der Waals surface area (Å²) in [5, 5.41) is 3.08. The van der Waals surface area contributed by atoms with Gasteiger partial charge in [-0.15, -0.1) is 0 Å². The second-order valence-electron chi connectivity index (χ2n) is 4.97. The van der Waals surface area contributed by atoms with E-state index in [4.69, 9.17) is 18.0 Å². The van der Waals surface area contributed by atoms with Crippen LogP contribution in [0.2, 0.25) is 0 Å². The van der Waals surface area contributed by atoms with Gasteiger partial charge >= 0.3 is 0 Å². The van der Waals surface area contributed by atoms with Gasteiger partial charge < -0.3 is 11.1 Å². The lowest BCUT2D eigenvalue weighted by Gasteiger charge is -2.26. The van der Waals surface area contributed by atoms with E-state index in [1.165, 1.54) is 19.3 Å². The van der Waals surface area contributed by atoms with Crippen LogP contribution in [-0.4, -0.2) is 16.9 Å². The maximum atomic E-state index is 12.0. The molecule has 0 aromatic carbocycles. The van der Waals surface area contributed by atoms with Crippen molar-refractivity contribution in [3.05, 3.63) is 0 Å². The first kappa shape index (κ1) is 13.4. The Balaban J connectivity index is 2.51. The predicted octanol–water partition coefficient (Wildman–Crippen LogP) is 1.99. The van der Waals surface area contributed by atoms with Crippen molar-refractivity contribution in [1.82, 2.24) is 5.32 Å². The van der Waals surface area contributed by atoms with Gasteiger partial charge in [-0.05, 0) is 18.8 Å². The summed E-state index contributed by atoms with van der Waals surface area (Å²) in [6, 6.07) is 0.330. The van der Waals surface area contributed by atoms with Crippen LogP contribution < -0.4 is 11.1 Å². The fourth-order valence-corrected chi connectivity index (χ4v) is 2.68. The SMILES string of the molecule is CC(C)C(C(=O)NC1CCCCC1)C(N)=S. The van der Waals surface area contributed by atoms with E-state index in [9.17, 15) is 4.79 Å². The molecule has 0 spiro atoms. The fraction of sp³-hybridized carbons (Fsp3) is 0.833. The van der Waals surface area contributed by atoms with Crippen LogP contribution in [0.25, 0.3) is 0 Å². The second kappa shape index (κ2) is 6.18. The topological polar surface area (TPSA) is 55.1 Å². The molecule has 1 amide bonds. The van der Waals surface area contributed by atoms with Crippen LogP contribution in [0.1, 0.15) is 46.0 Å². The number of nitrogens with two attached hydrogens (primary N) is 1. The average Bonchev–Trinajstić information content (AvgIpc) is 2.17. The quantitative estimate of drug-likeness (QED) is 0.741. The van der Waals surface area contributed by atoms with E-state index in [1.54, 1.807) is 0 Å². The average molecular weight is 242 g/mol. The summed E-state index contributed by atoms with van der Waals surface area (Å²) in [7, 11) is 0. The number of hydrogen-bond donors (Lipinski definition) is 2. The summed E-state index contributed by atoms with van der Waals surface area (Å²) in [5.41, 5.74) is 5.61. The van der Waals surface area contributed by atoms with Crippen molar-refractivity contribution < 1.29 is 4.79 Å². The molecule has 92 valence electrons. The van der Waals surface area contributed by atoms with E-state index in [0.29, 0.717) is 11.0 Å². The number of hydrogen-bond acceptors (Lipinski definition) is 2. The smallest absolute Gasteiger partial charge is 0.230 e. The molecule has 0 heterocycles. The normalized spacial score (nSPS) is 19.4. The minimum Gasteiger partial charge on any atom is -0.393 e. The lowest BCUT2D eigenvalue weighted by Crippen LogP contribution is -2.45. The van der Waals surface area contributed by atoms with Gasteiger partial charge in [0.05, 0.1) is 10.9 Å². The number of rotatable bonds is 4. The highest BCUT2D eigenvalue weighted by molar-refractivity contribution is 7.80. The van der Waals surface area contributed by atoms with E-state index in [0.717, 1.165) is 12.8 Å². The highest BCUT2D eigenvalue weighted by atomic mass is 32.1. The predicted molar refractivity (Wildman–Crippen MR) is 70.1 cm³/mol. The first-order chi connectivity index (χ1) is 7.52. The fourth-order valence-electron chi connectivity index (χ4n) is 2.30. The molecule has 0 bridgehead atoms. The van der Waals surface area contributed by atoms with Crippen LogP contribution in [0.4, 0.5) is 0 Å². The number of amides is 1. The maximum absolute atomic E-state index is 12.0. The van der Waals surface area contributed by atoms with Gasteiger partial charge in [-0.3, -0.25) is 4.79 Å². The van der Waals surface area contributed by atoms with Crippen molar-refractivity contribution in [2.75, 3.05) is 0 Å². The number of nitrogens with one attached hydrogen (secondary N) is 1. The first-order valence-corrected chi connectivity index (χ1v) is 6.53. The molecule has 1 fully saturated rings. The lowest BCUT2D eigenvalue weighted by atomic mass is 9.92. The Morgan fingerprint density at radius 1 is 1.31 bits per heavy atom. The van der Waals surface area contributed by atoms with Gasteiger partial charge in [0.15, 0.2) is 0 Å². The van der Waals surface area contributed by atoms with Crippen LogP contribution in [0.3, 0.4) is 0 Å². The summed E-state index contributed by atoms with van der Waals surface area (Å²) in [6.45, 7) is 3.95. The van der Waals surface area contributed by atoms with Crippen molar-refractivity contribution in [3.63, 3.8) is 0 Å². The van der Waals surface area contributed by atoms with Gasteiger partial charge in [0, 0.05) is 6.04 Å². The minimum atomic E-state index is -0.322. The molecule has 0 aromatic heterocycles. The molecule has 1 atom stereocenters. The zero-order valence-electron chi connectivity index (χ0n) is 10.2. The van der Waals surface area contributed by atoms with Crippen molar-refractivity contribution >= 4 is 23.1 Å². The Bertz CT molecular complexity index is 260. The van der Waals surface area contributed by atoms with Crippen molar-refractivity contribution in [3.8, 4) is 0 Å². The van der Waals surface area contributed by atoms with E-state index in [2.05, 4.69) is 5.32 Å². The minimum absolute atomic E-state index is 0.00870. The summed E-state index contributed by atoms with van der Waals surface area (Å²) in [5.74, 6) is -0.146. The molecule has 0 radical (unpaired) electrons. The third-order valence-electron chi connectivity index (χ3n) is 3.21. The number of thiocarbonyl (C=S) groups is 1. The third kappa shape index (κ3) is 3.74. The number of carbonyl (C=O) groups is 1. The largest absolute Gasteiger partial charge is 0.393 e. The Hall–Kier alpha value is -0.640. The second-order valence-corrected chi connectivity index (χ2v) is 5.44. The standard InChI is InChI=1S/C12H22N2OS/c1-8(2)10(11(13)16)12(15)14-9-6-4-3-5-7-9/h8-10H,3-7H2,1-2H3,(H2,13,16)(H,14,15). The van der Waals surface area contributed by atoms with Crippen molar-refractivity contribution in [2.45, 2.75) is 52.0 Å². The van der Waals surface area contributed by atoms with Crippen LogP contribution in [0.5, 0.6) is 0 Å². The van der Waals surface area contributed by atoms with E-state index in [1.807, 2.05) is 13.8 Å². The van der Waals surface area contributed by atoms with Gasteiger partial charge in [0.2, 0.25) is 5.91 Å². The van der Waals surface area contributed by atoms with Gasteiger partial charge in [0.25, 0.3) is 0 Å². The highest BCUT2D eigenvalue weighted by Gasteiger charge is 2.27. The molecular weight excluding hydrogens is 220 g/mol. The van der Waals surface area contributed by atoms with Crippen molar-refractivity contribution in [1.29, 1.82) is 0 Å². The van der Waals surface area contributed by atoms with E-state index < -0.39 is 0 Å². The molecule has 1 rings (SSSR count). The molecule has 4 heteroatoms. The molecule has 0 aromatic rings. The molecule has 1 aliphatic carbocycles. The zero-order chi connectivity index (χ0) is 12.1. The Morgan fingerprint density at radius 2 is 1.88 bits per heavy atom. The molecule has 0 aliphatic heterocycles. The maximum Gasteiger partial charge on any atom is 0.230 e. The Kier molecular flexibility index (Phi) is 5.19. The zero-order valence-corrected chi connectivity index (χ0v) is 11.0. The Labute approximate surface area is 103 Å². The molecule has 16 heavy (non-hydrogen) atoms. The Morgan fingerprint density at radius 3 is 2.31 bits per heavy atom. The summed E-state index contributed by atoms with van der Waals surface area (Å²) in [4.78, 5) is 12.3. The van der Waals surface area contributed by atoms with Crippen LogP contribution >= 0.6 is 12.2 Å². The molecule has 3 nitrogen and oxygen atoms in total. The molecule has 1 unspecified atom stereocenters. The van der Waals surface area contributed by atoms with Crippen LogP contribution in [0.15, 0.2) is 0 Å². The molecular formula is C12H22N2OS. The van der Waals surface area contributed by atoms with E-state index in [-0.39, 0.29) is 17.7 Å². The molecule has 3 N–H and O–H groups in total. The summed E-state index contributed by atoms with van der Waals surface area (Å²) >= 11 is 4.95. The van der Waals surface area contributed by atoms with Crippen molar-refractivity contribution in [2.24, 2.45) is 17.6 Å². The van der Waals surface area contributed by atoms with E-state index >= 15 is 0 Å². The summed E-state index contributed by atoms with van der Waals surface area (Å²) in [6.07, 6.45) is 5.89. The van der Waals surface area contributed by atoms with Crippen LogP contribution in [-0.2, 0) is 4.79 Å². The number of carbonyl (C=O) groups excluding carboxylic acids is 1. The van der Waals surface area contributed by atoms with Crippen LogP contribution in [0, 0.1) is 11.8 Å². The third-order valence-corrected chi connectivity index (χ3v) is 3.46. The molecule has 0 saturated heterocycles. The summed E-state index contributed by atoms with van der Waals surface area (Å²) < 4.78 is 0. The highest BCUT2D eigenvalue weighted by Crippen LogP contribution is 2.19. The van der Waals surface area contributed by atoms with Gasteiger partial charge in [-0.25, -0.2) is 0 Å². The monoisotopic (exact) mass is 242 g/mol. The van der Waals surface area contributed by atoms with Gasteiger partial charge in [-0.1, -0.05) is 45.3 Å². The molecule has 1 aliphatic rings. The lowest BCUT2D eigenvalue weighted by molar-refractivity contribution is -0.124.